The molecule has 3 rings (SSSR count). The molecule has 1 amide bonds. The first-order valence-electron chi connectivity index (χ1n) is 8.22. The second-order valence-corrected chi connectivity index (χ2v) is 6.06. The van der Waals surface area contributed by atoms with Crippen LogP contribution in [0.4, 0.5) is 5.69 Å². The van der Waals surface area contributed by atoms with E-state index in [-0.39, 0.29) is 36.3 Å². The van der Waals surface area contributed by atoms with E-state index in [0.29, 0.717) is 23.6 Å². The van der Waals surface area contributed by atoms with Gasteiger partial charge in [-0.2, -0.15) is 0 Å². The number of carbonyl (C=O) groups excluding carboxylic acids is 2. The SMILES string of the molecule is CCOC(=O)c1cc(NC(=O)CCc2ccc3c(c2)OCO3)ccc1Cl. The first-order valence-corrected chi connectivity index (χ1v) is 8.59. The highest BCUT2D eigenvalue weighted by Gasteiger charge is 2.15. The second kappa shape index (κ2) is 8.10. The average Bonchev–Trinajstić information content (AvgIpc) is 3.09. The third-order valence-corrected chi connectivity index (χ3v) is 4.15. The normalized spacial score (nSPS) is 11.9. The Morgan fingerprint density at radius 1 is 1.15 bits per heavy atom. The van der Waals surface area contributed by atoms with E-state index < -0.39 is 5.97 Å². The van der Waals surface area contributed by atoms with Gasteiger partial charge in [-0.3, -0.25) is 4.79 Å². The maximum atomic E-state index is 12.2. The standard InChI is InChI=1S/C19H18ClNO5/c1-2-24-19(23)14-10-13(5-6-15(14)20)21-18(22)8-4-12-3-7-16-17(9-12)26-11-25-16/h3,5-7,9-10H,2,4,8,11H2,1H3,(H,21,22). The quantitative estimate of drug-likeness (QED) is 0.777. The molecule has 0 aromatic heterocycles. The van der Waals surface area contributed by atoms with Crippen LogP contribution < -0.4 is 14.8 Å². The molecule has 1 aliphatic heterocycles. The molecule has 0 atom stereocenters. The van der Waals surface area contributed by atoms with Crippen LogP contribution in [0.15, 0.2) is 36.4 Å². The molecule has 0 saturated heterocycles. The Morgan fingerprint density at radius 2 is 1.96 bits per heavy atom. The lowest BCUT2D eigenvalue weighted by Crippen LogP contribution is -2.13. The van der Waals surface area contributed by atoms with Crippen molar-refractivity contribution in [2.45, 2.75) is 19.8 Å². The van der Waals surface area contributed by atoms with Gasteiger partial charge in [0.25, 0.3) is 0 Å². The summed E-state index contributed by atoms with van der Waals surface area (Å²) in [6.45, 7) is 2.19. The summed E-state index contributed by atoms with van der Waals surface area (Å²) in [7, 11) is 0. The molecule has 0 radical (unpaired) electrons. The molecule has 1 aliphatic rings. The van der Waals surface area contributed by atoms with Crippen molar-refractivity contribution in [3.8, 4) is 11.5 Å². The molecule has 6 nitrogen and oxygen atoms in total. The van der Waals surface area contributed by atoms with Crippen LogP contribution in [0.2, 0.25) is 5.02 Å². The molecule has 0 unspecified atom stereocenters. The lowest BCUT2D eigenvalue weighted by Gasteiger charge is -2.09. The summed E-state index contributed by atoms with van der Waals surface area (Å²) in [6.07, 6.45) is 0.845. The smallest absolute Gasteiger partial charge is 0.339 e. The van der Waals surface area contributed by atoms with Crippen LogP contribution in [-0.2, 0) is 16.0 Å². The highest BCUT2D eigenvalue weighted by Crippen LogP contribution is 2.32. The summed E-state index contributed by atoms with van der Waals surface area (Å²) in [5, 5.41) is 3.05. The number of carbonyl (C=O) groups is 2. The number of aryl methyl sites for hydroxylation is 1. The van der Waals surface area contributed by atoms with Crippen molar-refractivity contribution in [3.63, 3.8) is 0 Å². The van der Waals surface area contributed by atoms with Crippen LogP contribution >= 0.6 is 11.6 Å². The molecular weight excluding hydrogens is 358 g/mol. The molecule has 0 aliphatic carbocycles. The van der Waals surface area contributed by atoms with Crippen LogP contribution in [0.25, 0.3) is 0 Å². The first kappa shape index (κ1) is 18.1. The number of fused-ring (bicyclic) bond motifs is 1. The Kier molecular flexibility index (Phi) is 5.63. The third-order valence-electron chi connectivity index (χ3n) is 3.82. The lowest BCUT2D eigenvalue weighted by atomic mass is 10.1. The van der Waals surface area contributed by atoms with Gasteiger partial charge in [0.05, 0.1) is 17.2 Å². The minimum Gasteiger partial charge on any atom is -0.462 e. The van der Waals surface area contributed by atoms with Gasteiger partial charge in [0.2, 0.25) is 12.7 Å². The van der Waals surface area contributed by atoms with E-state index in [4.69, 9.17) is 25.8 Å². The highest BCUT2D eigenvalue weighted by atomic mass is 35.5. The number of anilines is 1. The van der Waals surface area contributed by atoms with Gasteiger partial charge in [-0.1, -0.05) is 17.7 Å². The van der Waals surface area contributed by atoms with Gasteiger partial charge >= 0.3 is 5.97 Å². The number of nitrogens with one attached hydrogen (secondary N) is 1. The Balaban J connectivity index is 1.59. The van der Waals surface area contributed by atoms with Gasteiger partial charge in [0.15, 0.2) is 11.5 Å². The largest absolute Gasteiger partial charge is 0.462 e. The predicted molar refractivity (Wildman–Crippen MR) is 96.9 cm³/mol. The molecule has 2 aromatic carbocycles. The molecule has 2 aromatic rings. The summed E-state index contributed by atoms with van der Waals surface area (Å²) < 4.78 is 15.5. The van der Waals surface area contributed by atoms with E-state index >= 15 is 0 Å². The van der Waals surface area contributed by atoms with E-state index in [1.54, 1.807) is 19.1 Å². The monoisotopic (exact) mass is 375 g/mol. The predicted octanol–water partition coefficient (Wildman–Crippen LogP) is 3.82. The first-order chi connectivity index (χ1) is 12.6. The number of hydrogen-bond acceptors (Lipinski definition) is 5. The molecule has 7 heteroatoms. The van der Waals surface area contributed by atoms with Gasteiger partial charge in [0, 0.05) is 12.1 Å². The topological polar surface area (TPSA) is 73.9 Å². The van der Waals surface area contributed by atoms with Crippen molar-refractivity contribution in [2.75, 3.05) is 18.7 Å². The summed E-state index contributed by atoms with van der Waals surface area (Å²) >= 11 is 6.02. The molecule has 0 spiro atoms. The van der Waals surface area contributed by atoms with Crippen LogP contribution in [0.5, 0.6) is 11.5 Å². The van der Waals surface area contributed by atoms with Gasteiger partial charge < -0.3 is 19.5 Å². The molecule has 0 saturated carbocycles. The zero-order chi connectivity index (χ0) is 18.5. The Labute approximate surface area is 156 Å². The van der Waals surface area contributed by atoms with E-state index in [1.165, 1.54) is 6.07 Å². The number of hydrogen-bond donors (Lipinski definition) is 1. The summed E-state index contributed by atoms with van der Waals surface area (Å²) in [6, 6.07) is 10.3. The van der Waals surface area contributed by atoms with Crippen molar-refractivity contribution >= 4 is 29.2 Å². The zero-order valence-corrected chi connectivity index (χ0v) is 15.0. The molecule has 0 bridgehead atoms. The highest BCUT2D eigenvalue weighted by molar-refractivity contribution is 6.33. The average molecular weight is 376 g/mol. The van der Waals surface area contributed by atoms with Crippen molar-refractivity contribution in [3.05, 3.63) is 52.5 Å². The van der Waals surface area contributed by atoms with Crippen LogP contribution in [0, 0.1) is 0 Å². The van der Waals surface area contributed by atoms with Gasteiger partial charge in [-0.05, 0) is 49.2 Å². The van der Waals surface area contributed by atoms with Gasteiger partial charge in [-0.15, -0.1) is 0 Å². The Morgan fingerprint density at radius 3 is 2.77 bits per heavy atom. The number of halogens is 1. The summed E-state index contributed by atoms with van der Waals surface area (Å²) in [4.78, 5) is 24.1. The molecule has 1 heterocycles. The fraction of sp³-hybridized carbons (Fsp3) is 0.263. The molecule has 26 heavy (non-hydrogen) atoms. The van der Waals surface area contributed by atoms with Crippen molar-refractivity contribution in [2.24, 2.45) is 0 Å². The Bertz CT molecular complexity index is 837. The number of esters is 1. The minimum atomic E-state index is -0.519. The number of ether oxygens (including phenoxy) is 3. The third kappa shape index (κ3) is 4.26. The van der Waals surface area contributed by atoms with E-state index in [2.05, 4.69) is 5.32 Å². The number of amides is 1. The van der Waals surface area contributed by atoms with E-state index in [0.717, 1.165) is 5.56 Å². The molecular formula is C19H18ClNO5. The van der Waals surface area contributed by atoms with Crippen LogP contribution in [0.1, 0.15) is 29.3 Å². The molecule has 136 valence electrons. The number of benzene rings is 2. The lowest BCUT2D eigenvalue weighted by molar-refractivity contribution is -0.116. The van der Waals surface area contributed by atoms with Gasteiger partial charge in [-0.25, -0.2) is 4.79 Å². The Hall–Kier alpha value is -2.73. The van der Waals surface area contributed by atoms with Crippen LogP contribution in [0.3, 0.4) is 0 Å². The van der Waals surface area contributed by atoms with Crippen molar-refractivity contribution in [1.82, 2.24) is 0 Å². The minimum absolute atomic E-state index is 0.167. The van der Waals surface area contributed by atoms with Crippen LogP contribution in [-0.4, -0.2) is 25.3 Å². The maximum Gasteiger partial charge on any atom is 0.339 e. The van der Waals surface area contributed by atoms with E-state index in [9.17, 15) is 9.59 Å². The fourth-order valence-electron chi connectivity index (χ4n) is 2.55. The molecule has 1 N–H and O–H groups in total. The summed E-state index contributed by atoms with van der Waals surface area (Å²) in [5.74, 6) is 0.722. The number of rotatable bonds is 6. The second-order valence-electron chi connectivity index (χ2n) is 5.65. The molecule has 0 fully saturated rings. The van der Waals surface area contributed by atoms with Crippen molar-refractivity contribution < 1.29 is 23.8 Å². The van der Waals surface area contributed by atoms with Crippen molar-refractivity contribution in [1.29, 1.82) is 0 Å². The van der Waals surface area contributed by atoms with E-state index in [1.807, 2.05) is 18.2 Å². The summed E-state index contributed by atoms with van der Waals surface area (Å²) in [5.41, 5.74) is 1.70. The maximum absolute atomic E-state index is 12.2. The van der Waals surface area contributed by atoms with Gasteiger partial charge in [0.1, 0.15) is 0 Å². The fourth-order valence-corrected chi connectivity index (χ4v) is 2.74. The zero-order valence-electron chi connectivity index (χ0n) is 14.2.